The lowest BCUT2D eigenvalue weighted by Gasteiger charge is -2.12. The lowest BCUT2D eigenvalue weighted by Crippen LogP contribution is -2.24. The SMILES string of the molecule is COC(=O)C(C)Oc1cc(F)cc(Br)c1. The maximum atomic E-state index is 12.9. The molecule has 0 saturated carbocycles. The van der Waals surface area contributed by atoms with Gasteiger partial charge in [0.05, 0.1) is 7.11 Å². The monoisotopic (exact) mass is 276 g/mol. The van der Waals surface area contributed by atoms with Crippen LogP contribution in [0.4, 0.5) is 4.39 Å². The predicted molar refractivity (Wildman–Crippen MR) is 56.2 cm³/mol. The Balaban J connectivity index is 2.76. The fourth-order valence-corrected chi connectivity index (χ4v) is 1.46. The number of rotatable bonds is 3. The summed E-state index contributed by atoms with van der Waals surface area (Å²) in [6.07, 6.45) is -0.760. The fraction of sp³-hybridized carbons (Fsp3) is 0.300. The first-order valence-corrected chi connectivity index (χ1v) is 5.03. The van der Waals surface area contributed by atoms with Crippen molar-refractivity contribution in [2.45, 2.75) is 13.0 Å². The van der Waals surface area contributed by atoms with Crippen molar-refractivity contribution in [2.75, 3.05) is 7.11 Å². The van der Waals surface area contributed by atoms with E-state index in [4.69, 9.17) is 4.74 Å². The normalized spacial score (nSPS) is 12.0. The second-order valence-electron chi connectivity index (χ2n) is 2.89. The van der Waals surface area contributed by atoms with Crippen LogP contribution in [0.1, 0.15) is 6.92 Å². The molecule has 0 aromatic heterocycles. The highest BCUT2D eigenvalue weighted by atomic mass is 79.9. The Labute approximate surface area is 95.3 Å². The molecule has 0 fully saturated rings. The summed E-state index contributed by atoms with van der Waals surface area (Å²) in [5, 5.41) is 0. The first kappa shape index (κ1) is 12.0. The van der Waals surface area contributed by atoms with Crippen molar-refractivity contribution >= 4 is 21.9 Å². The van der Waals surface area contributed by atoms with Crippen molar-refractivity contribution in [2.24, 2.45) is 0 Å². The summed E-state index contributed by atoms with van der Waals surface area (Å²) in [6.45, 7) is 1.53. The maximum Gasteiger partial charge on any atom is 0.346 e. The molecule has 3 nitrogen and oxygen atoms in total. The second kappa shape index (κ2) is 5.11. The van der Waals surface area contributed by atoms with E-state index in [0.29, 0.717) is 4.47 Å². The molecule has 0 bridgehead atoms. The summed E-state index contributed by atoms with van der Waals surface area (Å²) in [4.78, 5) is 11.0. The molecule has 1 aromatic rings. The highest BCUT2D eigenvalue weighted by Crippen LogP contribution is 2.21. The molecule has 0 spiro atoms. The van der Waals surface area contributed by atoms with Crippen LogP contribution in [-0.4, -0.2) is 19.2 Å². The molecule has 0 aliphatic heterocycles. The van der Waals surface area contributed by atoms with Crippen molar-refractivity contribution in [1.29, 1.82) is 0 Å². The van der Waals surface area contributed by atoms with Crippen LogP contribution in [0.25, 0.3) is 0 Å². The van der Waals surface area contributed by atoms with E-state index >= 15 is 0 Å². The van der Waals surface area contributed by atoms with Crippen molar-refractivity contribution in [1.82, 2.24) is 0 Å². The van der Waals surface area contributed by atoms with Gasteiger partial charge >= 0.3 is 5.97 Å². The van der Waals surface area contributed by atoms with Crippen LogP contribution in [0.3, 0.4) is 0 Å². The van der Waals surface area contributed by atoms with Crippen molar-refractivity contribution < 1.29 is 18.7 Å². The number of carbonyl (C=O) groups excluding carboxylic acids is 1. The first-order valence-electron chi connectivity index (χ1n) is 4.23. The Morgan fingerprint density at radius 1 is 1.47 bits per heavy atom. The third kappa shape index (κ3) is 3.51. The standard InChI is InChI=1S/C10H10BrFO3/c1-6(10(13)14-2)15-9-4-7(11)3-8(12)5-9/h3-6H,1-2H3. The number of benzene rings is 1. The molecule has 5 heteroatoms. The van der Waals surface area contributed by atoms with Crippen LogP contribution < -0.4 is 4.74 Å². The van der Waals surface area contributed by atoms with E-state index in [9.17, 15) is 9.18 Å². The summed E-state index contributed by atoms with van der Waals surface area (Å²) >= 11 is 3.12. The Bertz CT molecular complexity index is 347. The molecule has 0 aliphatic rings. The van der Waals surface area contributed by atoms with Crippen molar-refractivity contribution in [3.05, 3.63) is 28.5 Å². The lowest BCUT2D eigenvalue weighted by atomic mass is 10.3. The Morgan fingerprint density at radius 3 is 2.67 bits per heavy atom. The number of hydrogen-bond donors (Lipinski definition) is 0. The molecule has 0 N–H and O–H groups in total. The van der Waals surface area contributed by atoms with E-state index in [0.717, 1.165) is 0 Å². The number of hydrogen-bond acceptors (Lipinski definition) is 3. The molecule has 82 valence electrons. The molecule has 1 atom stereocenters. The van der Waals surface area contributed by atoms with Crippen LogP contribution in [-0.2, 0) is 9.53 Å². The minimum Gasteiger partial charge on any atom is -0.479 e. The minimum atomic E-state index is -0.760. The van der Waals surface area contributed by atoms with Gasteiger partial charge in [0.15, 0.2) is 6.10 Å². The maximum absolute atomic E-state index is 12.9. The molecule has 1 unspecified atom stereocenters. The highest BCUT2D eigenvalue weighted by Gasteiger charge is 2.15. The average molecular weight is 277 g/mol. The van der Waals surface area contributed by atoms with E-state index in [1.807, 2.05) is 0 Å². The zero-order valence-corrected chi connectivity index (χ0v) is 9.88. The van der Waals surface area contributed by atoms with Gasteiger partial charge in [-0.05, 0) is 19.1 Å². The summed E-state index contributed by atoms with van der Waals surface area (Å²) in [5.74, 6) is -0.661. The van der Waals surface area contributed by atoms with Gasteiger partial charge in [-0.25, -0.2) is 9.18 Å². The molecule has 15 heavy (non-hydrogen) atoms. The van der Waals surface area contributed by atoms with Gasteiger partial charge < -0.3 is 9.47 Å². The van der Waals surface area contributed by atoms with Crippen molar-refractivity contribution in [3.63, 3.8) is 0 Å². The van der Waals surface area contributed by atoms with Gasteiger partial charge in [-0.15, -0.1) is 0 Å². The van der Waals surface area contributed by atoms with Gasteiger partial charge in [-0.3, -0.25) is 0 Å². The van der Waals surface area contributed by atoms with Crippen LogP contribution in [0.2, 0.25) is 0 Å². The molecule has 1 rings (SSSR count). The highest BCUT2D eigenvalue weighted by molar-refractivity contribution is 9.10. The van der Waals surface area contributed by atoms with Crippen LogP contribution >= 0.6 is 15.9 Å². The summed E-state index contributed by atoms with van der Waals surface area (Å²) in [5.41, 5.74) is 0. The summed E-state index contributed by atoms with van der Waals surface area (Å²) in [6, 6.07) is 4.07. The van der Waals surface area contributed by atoms with E-state index in [2.05, 4.69) is 20.7 Å². The van der Waals surface area contributed by atoms with Gasteiger partial charge in [0.25, 0.3) is 0 Å². The van der Waals surface area contributed by atoms with E-state index in [1.54, 1.807) is 6.07 Å². The topological polar surface area (TPSA) is 35.5 Å². The average Bonchev–Trinajstić information content (AvgIpc) is 2.14. The first-order chi connectivity index (χ1) is 7.02. The summed E-state index contributed by atoms with van der Waals surface area (Å²) in [7, 11) is 1.27. The van der Waals surface area contributed by atoms with E-state index in [1.165, 1.54) is 26.2 Å². The smallest absolute Gasteiger partial charge is 0.346 e. The fourth-order valence-electron chi connectivity index (χ4n) is 1.01. The quantitative estimate of drug-likeness (QED) is 0.796. The molecule has 0 amide bonds. The predicted octanol–water partition coefficient (Wildman–Crippen LogP) is 2.53. The molecular formula is C10H10BrFO3. The van der Waals surface area contributed by atoms with Crippen LogP contribution in [0, 0.1) is 5.82 Å². The van der Waals surface area contributed by atoms with Crippen molar-refractivity contribution in [3.8, 4) is 5.75 Å². The zero-order chi connectivity index (χ0) is 11.4. The Morgan fingerprint density at radius 2 is 2.13 bits per heavy atom. The minimum absolute atomic E-state index is 0.278. The largest absolute Gasteiger partial charge is 0.479 e. The number of ether oxygens (including phenoxy) is 2. The third-order valence-electron chi connectivity index (χ3n) is 1.68. The number of carbonyl (C=O) groups is 1. The molecular weight excluding hydrogens is 267 g/mol. The molecule has 1 aromatic carbocycles. The van der Waals surface area contributed by atoms with Gasteiger partial charge in [-0.2, -0.15) is 0 Å². The second-order valence-corrected chi connectivity index (χ2v) is 3.80. The molecule has 0 saturated heterocycles. The zero-order valence-electron chi connectivity index (χ0n) is 8.29. The third-order valence-corrected chi connectivity index (χ3v) is 2.14. The number of esters is 1. The molecule has 0 heterocycles. The Kier molecular flexibility index (Phi) is 4.08. The lowest BCUT2D eigenvalue weighted by molar-refractivity contribution is -0.147. The summed E-state index contributed by atoms with van der Waals surface area (Å²) < 4.78 is 23.1. The Hall–Kier alpha value is -1.10. The van der Waals surface area contributed by atoms with E-state index < -0.39 is 17.9 Å². The van der Waals surface area contributed by atoms with Crippen LogP contribution in [0.5, 0.6) is 5.75 Å². The number of halogens is 2. The van der Waals surface area contributed by atoms with Gasteiger partial charge in [-0.1, -0.05) is 15.9 Å². The molecule has 0 aliphatic carbocycles. The van der Waals surface area contributed by atoms with Gasteiger partial charge in [0.2, 0.25) is 0 Å². The van der Waals surface area contributed by atoms with Crippen LogP contribution in [0.15, 0.2) is 22.7 Å². The van der Waals surface area contributed by atoms with E-state index in [-0.39, 0.29) is 5.75 Å². The van der Waals surface area contributed by atoms with Gasteiger partial charge in [0, 0.05) is 10.5 Å². The number of methoxy groups -OCH3 is 1. The molecule has 0 radical (unpaired) electrons. The van der Waals surface area contributed by atoms with Gasteiger partial charge in [0.1, 0.15) is 11.6 Å².